The van der Waals surface area contributed by atoms with Gasteiger partial charge in [0.2, 0.25) is 0 Å². The van der Waals surface area contributed by atoms with Gasteiger partial charge in [0.15, 0.2) is 0 Å². The van der Waals surface area contributed by atoms with Crippen LogP contribution >= 0.6 is 0 Å². The molecule has 6 rings (SSSR count). The van der Waals surface area contributed by atoms with E-state index in [4.69, 9.17) is 24.3 Å². The van der Waals surface area contributed by atoms with Crippen LogP contribution in [0.15, 0.2) is 54.9 Å². The summed E-state index contributed by atoms with van der Waals surface area (Å²) in [6, 6.07) is 14.8. The van der Waals surface area contributed by atoms with Crippen molar-refractivity contribution >= 4 is 12.2 Å². The van der Waals surface area contributed by atoms with Gasteiger partial charge in [-0.25, -0.2) is 14.5 Å². The number of rotatable bonds is 9. The third-order valence-corrected chi connectivity index (χ3v) is 8.94. The van der Waals surface area contributed by atoms with Crippen LogP contribution in [0.25, 0.3) is 11.3 Å². The van der Waals surface area contributed by atoms with E-state index < -0.39 is 23.4 Å². The fourth-order valence-electron chi connectivity index (χ4n) is 6.33. The van der Waals surface area contributed by atoms with Gasteiger partial charge in [-0.05, 0) is 109 Å². The molecule has 0 saturated heterocycles. The molecule has 2 amide bonds. The molecular weight excluding hydrogens is 580 g/mol. The van der Waals surface area contributed by atoms with Gasteiger partial charge in [-0.15, -0.1) is 0 Å². The van der Waals surface area contributed by atoms with Gasteiger partial charge in [0.05, 0.1) is 30.1 Å². The molecule has 0 radical (unpaired) electrons. The number of carbonyl (C=O) groups is 2. The van der Waals surface area contributed by atoms with E-state index in [1.54, 1.807) is 41.5 Å². The van der Waals surface area contributed by atoms with Crippen molar-refractivity contribution in [1.29, 1.82) is 0 Å². The minimum atomic E-state index is -0.718. The minimum absolute atomic E-state index is 0.135. The van der Waals surface area contributed by atoms with Gasteiger partial charge in [0.25, 0.3) is 0 Å². The predicted molar refractivity (Wildman–Crippen MR) is 175 cm³/mol. The Labute approximate surface area is 272 Å². The van der Waals surface area contributed by atoms with Gasteiger partial charge >= 0.3 is 12.2 Å². The minimum Gasteiger partial charge on any atom is -0.443 e. The van der Waals surface area contributed by atoms with Gasteiger partial charge in [-0.3, -0.25) is 9.67 Å². The Bertz CT molecular complexity index is 1500. The van der Waals surface area contributed by atoms with Crippen LogP contribution in [0.2, 0.25) is 0 Å². The summed E-state index contributed by atoms with van der Waals surface area (Å²) in [7, 11) is 0. The second kappa shape index (κ2) is 12.8. The number of nitrogens with zero attached hydrogens (tertiary/aromatic N) is 4. The summed E-state index contributed by atoms with van der Waals surface area (Å²) in [5.41, 5.74) is 4.37. The van der Waals surface area contributed by atoms with E-state index in [1.807, 2.05) is 30.5 Å². The van der Waals surface area contributed by atoms with E-state index in [0.717, 1.165) is 60.4 Å². The van der Waals surface area contributed by atoms with Crippen molar-refractivity contribution in [3.05, 3.63) is 71.7 Å². The lowest BCUT2D eigenvalue weighted by Crippen LogP contribution is -2.47. The lowest BCUT2D eigenvalue weighted by atomic mass is 9.76. The number of amides is 2. The van der Waals surface area contributed by atoms with Crippen molar-refractivity contribution in [1.82, 2.24) is 19.7 Å². The SMILES string of the molecule is CC(C)(C)OC(=O)N(C[C@H]1C[C@H](n2cc(-c3ncccc3C3CC(OCc4ccccc4)C3)c(C3CC3)n2)C1)C(=O)OC(C)(C)C. The fraction of sp³-hybridized carbons (Fsp3) is 0.568. The number of ether oxygens (including phenoxy) is 3. The molecule has 46 heavy (non-hydrogen) atoms. The monoisotopic (exact) mass is 628 g/mol. The van der Waals surface area contributed by atoms with E-state index in [0.29, 0.717) is 18.4 Å². The lowest BCUT2D eigenvalue weighted by Gasteiger charge is -2.38. The second-order valence-electron chi connectivity index (χ2n) is 15.3. The highest BCUT2D eigenvalue weighted by atomic mass is 16.6. The zero-order chi connectivity index (χ0) is 32.6. The molecule has 0 unspecified atom stereocenters. The largest absolute Gasteiger partial charge is 0.443 e. The number of pyridine rings is 1. The molecule has 0 atom stereocenters. The number of carbonyl (C=O) groups excluding carboxylic acids is 2. The summed E-state index contributed by atoms with van der Waals surface area (Å²) >= 11 is 0. The third-order valence-electron chi connectivity index (χ3n) is 8.94. The van der Waals surface area contributed by atoms with Crippen LogP contribution in [0.5, 0.6) is 0 Å². The molecule has 3 aromatic rings. The first-order chi connectivity index (χ1) is 21.8. The predicted octanol–water partition coefficient (Wildman–Crippen LogP) is 8.41. The first-order valence-corrected chi connectivity index (χ1v) is 16.8. The number of benzene rings is 1. The van der Waals surface area contributed by atoms with Crippen LogP contribution in [-0.4, -0.2) is 55.7 Å². The number of hydrogen-bond donors (Lipinski definition) is 0. The Hall–Kier alpha value is -3.72. The van der Waals surface area contributed by atoms with Crippen molar-refractivity contribution in [3.63, 3.8) is 0 Å². The Morgan fingerprint density at radius 3 is 2.13 bits per heavy atom. The molecule has 1 aromatic carbocycles. The standard InChI is InChI=1S/C37H48N4O5/c1-36(2,3)45-34(42)40(35(43)46-37(4,5)6)21-25-17-28(18-25)41-22-31(32(39-41)26-14-15-26)33-30(13-10-16-38-33)27-19-29(20-27)44-23-24-11-8-7-9-12-24/h7-13,16,22,25-29H,14-15,17-21,23H2,1-6H3/t25-,27?,28-,29?. The highest BCUT2D eigenvalue weighted by Crippen LogP contribution is 2.48. The molecule has 0 N–H and O–H groups in total. The molecule has 0 aliphatic heterocycles. The zero-order valence-corrected chi connectivity index (χ0v) is 28.1. The van der Waals surface area contributed by atoms with Crippen molar-refractivity contribution in [2.45, 2.75) is 122 Å². The van der Waals surface area contributed by atoms with Crippen molar-refractivity contribution in [2.24, 2.45) is 5.92 Å². The molecule has 3 fully saturated rings. The lowest BCUT2D eigenvalue weighted by molar-refractivity contribution is -0.0206. The molecule has 246 valence electrons. The van der Waals surface area contributed by atoms with Crippen LogP contribution in [0.1, 0.15) is 115 Å². The highest BCUT2D eigenvalue weighted by Gasteiger charge is 2.40. The molecular formula is C37H48N4O5. The van der Waals surface area contributed by atoms with E-state index in [9.17, 15) is 9.59 Å². The molecule has 3 saturated carbocycles. The van der Waals surface area contributed by atoms with Gasteiger partial charge < -0.3 is 14.2 Å². The maximum atomic E-state index is 13.0. The maximum absolute atomic E-state index is 13.0. The van der Waals surface area contributed by atoms with Crippen molar-refractivity contribution in [2.75, 3.05) is 6.54 Å². The maximum Gasteiger partial charge on any atom is 0.419 e. The first-order valence-electron chi connectivity index (χ1n) is 16.8. The van der Waals surface area contributed by atoms with Crippen LogP contribution < -0.4 is 0 Å². The third kappa shape index (κ3) is 7.80. The smallest absolute Gasteiger partial charge is 0.419 e. The van der Waals surface area contributed by atoms with Crippen molar-refractivity contribution < 1.29 is 23.8 Å². The van der Waals surface area contributed by atoms with E-state index >= 15 is 0 Å². The van der Waals surface area contributed by atoms with E-state index in [-0.39, 0.29) is 24.6 Å². The van der Waals surface area contributed by atoms with Crippen LogP contribution in [0, 0.1) is 5.92 Å². The molecule has 9 heteroatoms. The van der Waals surface area contributed by atoms with Gasteiger partial charge in [0.1, 0.15) is 11.2 Å². The zero-order valence-electron chi connectivity index (χ0n) is 28.1. The van der Waals surface area contributed by atoms with Gasteiger partial charge in [-0.2, -0.15) is 5.10 Å². The fourth-order valence-corrected chi connectivity index (χ4v) is 6.33. The Kier molecular flexibility index (Phi) is 8.98. The molecule has 3 aliphatic rings. The average molecular weight is 629 g/mol. The second-order valence-corrected chi connectivity index (χ2v) is 15.3. The molecule has 2 aromatic heterocycles. The number of aromatic nitrogens is 3. The average Bonchev–Trinajstić information content (AvgIpc) is 3.69. The van der Waals surface area contributed by atoms with Crippen LogP contribution in [0.4, 0.5) is 9.59 Å². The molecule has 0 bridgehead atoms. The van der Waals surface area contributed by atoms with Crippen LogP contribution in [-0.2, 0) is 20.8 Å². The quantitative estimate of drug-likeness (QED) is 0.235. The van der Waals surface area contributed by atoms with Gasteiger partial charge in [0, 0.05) is 30.4 Å². The van der Waals surface area contributed by atoms with Crippen molar-refractivity contribution in [3.8, 4) is 11.3 Å². The van der Waals surface area contributed by atoms with Gasteiger partial charge in [-0.1, -0.05) is 36.4 Å². The summed E-state index contributed by atoms with van der Waals surface area (Å²) < 4.78 is 19.4. The Balaban J connectivity index is 1.12. The first kappa shape index (κ1) is 32.2. The Morgan fingerprint density at radius 1 is 0.870 bits per heavy atom. The molecule has 2 heterocycles. The summed E-state index contributed by atoms with van der Waals surface area (Å²) in [5.74, 6) is 1.02. The number of hydrogen-bond acceptors (Lipinski definition) is 7. The number of imide groups is 1. The normalized spacial score (nSPS) is 22.8. The molecule has 9 nitrogen and oxygen atoms in total. The van der Waals surface area contributed by atoms with Crippen LogP contribution in [0.3, 0.4) is 0 Å². The van der Waals surface area contributed by atoms with E-state index in [2.05, 4.69) is 29.1 Å². The van der Waals surface area contributed by atoms with E-state index in [1.165, 1.54) is 11.1 Å². The highest BCUT2D eigenvalue weighted by molar-refractivity contribution is 5.88. The summed E-state index contributed by atoms with van der Waals surface area (Å²) in [6.07, 6.45) is 8.90. The molecule has 3 aliphatic carbocycles. The summed E-state index contributed by atoms with van der Waals surface area (Å²) in [4.78, 5) is 32.0. The molecule has 0 spiro atoms. The summed E-state index contributed by atoms with van der Waals surface area (Å²) in [5, 5.41) is 5.13. The summed E-state index contributed by atoms with van der Waals surface area (Å²) in [6.45, 7) is 11.7. The Morgan fingerprint density at radius 2 is 1.52 bits per heavy atom. The topological polar surface area (TPSA) is 95.8 Å².